The molecule has 3 rings (SSSR count). The summed E-state index contributed by atoms with van der Waals surface area (Å²) in [6, 6.07) is 6.97. The van der Waals surface area contributed by atoms with Crippen molar-refractivity contribution in [1.29, 1.82) is 0 Å². The van der Waals surface area contributed by atoms with Gasteiger partial charge in [-0.25, -0.2) is 0 Å². The lowest BCUT2D eigenvalue weighted by Gasteiger charge is -2.28. The Balaban J connectivity index is 1.32. The fourth-order valence-electron chi connectivity index (χ4n) is 3.29. The van der Waals surface area contributed by atoms with Crippen LogP contribution in [0.25, 0.3) is 0 Å². The van der Waals surface area contributed by atoms with Crippen molar-refractivity contribution in [1.82, 2.24) is 15.6 Å². The van der Waals surface area contributed by atoms with E-state index in [9.17, 15) is 27.9 Å². The van der Waals surface area contributed by atoms with Crippen LogP contribution in [0, 0.1) is 0 Å². The first-order chi connectivity index (χ1) is 15.6. The molecule has 0 unspecified atom stereocenters. The Bertz CT molecular complexity index is 986. The van der Waals surface area contributed by atoms with Gasteiger partial charge in [-0.15, -0.1) is 0 Å². The number of nitrogens with one attached hydrogen (secondary N) is 2. The number of amides is 2. The van der Waals surface area contributed by atoms with Crippen LogP contribution in [0.1, 0.15) is 48.6 Å². The summed E-state index contributed by atoms with van der Waals surface area (Å²) in [5.74, 6) is -0.206. The molecular weight excluding hydrogens is 463 g/mol. The van der Waals surface area contributed by atoms with Gasteiger partial charge < -0.3 is 20.5 Å². The topological polar surface area (TPSA) is 101 Å². The number of nitrogens with zero attached hydrogens (tertiary/aromatic N) is 1. The molecule has 1 aromatic carbocycles. The van der Waals surface area contributed by atoms with Gasteiger partial charge in [0.2, 0.25) is 5.91 Å². The number of halogens is 4. The molecule has 0 saturated carbocycles. The summed E-state index contributed by atoms with van der Waals surface area (Å²) >= 11 is 5.92. The van der Waals surface area contributed by atoms with Gasteiger partial charge in [0.25, 0.3) is 5.91 Å². The van der Waals surface area contributed by atoms with E-state index in [0.717, 1.165) is 12.3 Å². The monoisotopic (exact) mass is 485 g/mol. The van der Waals surface area contributed by atoms with Gasteiger partial charge >= 0.3 is 6.18 Å². The molecule has 178 valence electrons. The molecule has 3 N–H and O–H groups in total. The summed E-state index contributed by atoms with van der Waals surface area (Å²) in [4.78, 5) is 27.9. The molecule has 2 amide bonds. The minimum Gasteiger partial charge on any atom is -0.480 e. The van der Waals surface area contributed by atoms with Gasteiger partial charge in [-0.2, -0.15) is 13.2 Å². The van der Waals surface area contributed by atoms with Crippen molar-refractivity contribution in [3.63, 3.8) is 0 Å². The first-order valence-corrected chi connectivity index (χ1v) is 10.7. The number of benzene rings is 1. The first-order valence-electron chi connectivity index (χ1n) is 10.3. The van der Waals surface area contributed by atoms with Crippen molar-refractivity contribution in [2.75, 3.05) is 6.54 Å². The Labute approximate surface area is 193 Å². The van der Waals surface area contributed by atoms with Crippen LogP contribution in [0.3, 0.4) is 0 Å². The average molecular weight is 486 g/mol. The summed E-state index contributed by atoms with van der Waals surface area (Å²) in [7, 11) is 0. The molecule has 7 nitrogen and oxygen atoms in total. The van der Waals surface area contributed by atoms with Crippen LogP contribution >= 0.6 is 11.6 Å². The first kappa shape index (κ1) is 24.8. The number of aliphatic hydroxyl groups is 1. The minimum atomic E-state index is -4.45. The standard InChI is InChI=1S/C22H23ClF3N3O4/c23-14-5-7-18-16(9-14)17(30)10-19(33-18)21(32)27-8-2-1-3-20(31)29-12-15-6-4-13(11-28-15)22(24,25)26/h4-7,9,11,17,19,30H,1-3,8,10,12H2,(H,27,32)(H,29,31)/t17-,19-/m1/s1. The highest BCUT2D eigenvalue weighted by Crippen LogP contribution is 2.36. The number of fused-ring (bicyclic) bond motifs is 1. The number of carbonyl (C=O) groups excluding carboxylic acids is 2. The highest BCUT2D eigenvalue weighted by Gasteiger charge is 2.32. The zero-order valence-electron chi connectivity index (χ0n) is 17.5. The zero-order valence-corrected chi connectivity index (χ0v) is 18.2. The molecule has 1 aliphatic heterocycles. The van der Waals surface area contributed by atoms with Gasteiger partial charge in [0.1, 0.15) is 5.75 Å². The molecule has 0 bridgehead atoms. The van der Waals surface area contributed by atoms with E-state index in [1.807, 2.05) is 0 Å². The van der Waals surface area contributed by atoms with Gasteiger partial charge in [0, 0.05) is 36.2 Å². The number of pyridine rings is 1. The van der Waals surface area contributed by atoms with E-state index in [4.69, 9.17) is 16.3 Å². The van der Waals surface area contributed by atoms with Crippen LogP contribution in [0.2, 0.25) is 5.02 Å². The fraction of sp³-hybridized carbons (Fsp3) is 0.409. The molecule has 0 radical (unpaired) electrons. The number of aromatic nitrogens is 1. The van der Waals surface area contributed by atoms with Crippen LogP contribution in [-0.2, 0) is 22.3 Å². The maximum absolute atomic E-state index is 12.5. The maximum atomic E-state index is 12.5. The summed E-state index contributed by atoms with van der Waals surface area (Å²) in [5.41, 5.74) is 0.0209. The molecule has 11 heteroatoms. The van der Waals surface area contributed by atoms with E-state index in [1.54, 1.807) is 18.2 Å². The molecule has 2 aromatic rings. The second-order valence-corrected chi connectivity index (χ2v) is 8.04. The highest BCUT2D eigenvalue weighted by molar-refractivity contribution is 6.30. The minimum absolute atomic E-state index is 0.0295. The van der Waals surface area contributed by atoms with Crippen molar-refractivity contribution in [2.24, 2.45) is 0 Å². The number of ether oxygens (including phenoxy) is 1. The second-order valence-electron chi connectivity index (χ2n) is 7.60. The molecular formula is C22H23ClF3N3O4. The summed E-state index contributed by atoms with van der Waals surface area (Å²) < 4.78 is 43.2. The Morgan fingerprint density at radius 3 is 2.67 bits per heavy atom. The molecule has 1 aliphatic rings. The van der Waals surface area contributed by atoms with Gasteiger partial charge in [0.05, 0.1) is 23.9 Å². The number of rotatable bonds is 8. The van der Waals surface area contributed by atoms with Gasteiger partial charge in [0.15, 0.2) is 6.10 Å². The van der Waals surface area contributed by atoms with Crippen molar-refractivity contribution in [3.8, 4) is 5.75 Å². The molecule has 0 spiro atoms. The third-order valence-corrected chi connectivity index (χ3v) is 5.31. The predicted molar refractivity (Wildman–Crippen MR) is 113 cm³/mol. The van der Waals surface area contributed by atoms with Crippen molar-refractivity contribution in [2.45, 2.75) is 50.6 Å². The molecule has 33 heavy (non-hydrogen) atoms. The Hall–Kier alpha value is -2.85. The van der Waals surface area contributed by atoms with Crippen molar-refractivity contribution >= 4 is 23.4 Å². The smallest absolute Gasteiger partial charge is 0.417 e. The van der Waals surface area contributed by atoms with Crippen LogP contribution in [0.4, 0.5) is 13.2 Å². The molecule has 0 fully saturated rings. The van der Waals surface area contributed by atoms with E-state index in [-0.39, 0.29) is 31.2 Å². The number of carbonyl (C=O) groups is 2. The number of unbranched alkanes of at least 4 members (excludes halogenated alkanes) is 1. The van der Waals surface area contributed by atoms with Crippen LogP contribution < -0.4 is 15.4 Å². The SMILES string of the molecule is O=C(CCCCNC(=O)[C@H]1C[C@@H](O)c2cc(Cl)ccc2O1)NCc1ccc(C(F)(F)F)cn1. The molecule has 2 atom stereocenters. The second kappa shape index (κ2) is 10.8. The third kappa shape index (κ3) is 7.06. The van der Waals surface area contributed by atoms with Crippen LogP contribution in [-0.4, -0.2) is 34.6 Å². The molecule has 1 aromatic heterocycles. The summed E-state index contributed by atoms with van der Waals surface area (Å²) in [6.07, 6.45) is -4.05. The summed E-state index contributed by atoms with van der Waals surface area (Å²) in [6.45, 7) is 0.359. The van der Waals surface area contributed by atoms with E-state index in [2.05, 4.69) is 15.6 Å². The van der Waals surface area contributed by atoms with Crippen molar-refractivity contribution in [3.05, 3.63) is 58.4 Å². The normalized spacial score (nSPS) is 17.6. The number of aliphatic hydroxyl groups excluding tert-OH is 1. The highest BCUT2D eigenvalue weighted by atomic mass is 35.5. The number of alkyl halides is 3. The molecule has 0 saturated heterocycles. The van der Waals surface area contributed by atoms with E-state index in [1.165, 1.54) is 6.07 Å². The zero-order chi connectivity index (χ0) is 24.0. The van der Waals surface area contributed by atoms with Gasteiger partial charge in [-0.3, -0.25) is 14.6 Å². The quantitative estimate of drug-likeness (QED) is 0.497. The number of hydrogen-bond donors (Lipinski definition) is 3. The maximum Gasteiger partial charge on any atom is 0.417 e. The number of hydrogen-bond acceptors (Lipinski definition) is 5. The average Bonchev–Trinajstić information content (AvgIpc) is 2.77. The van der Waals surface area contributed by atoms with Crippen molar-refractivity contribution < 1.29 is 32.6 Å². The van der Waals surface area contributed by atoms with Gasteiger partial charge in [-0.05, 0) is 43.2 Å². The summed E-state index contributed by atoms with van der Waals surface area (Å²) in [5, 5.41) is 16.0. The van der Waals surface area contributed by atoms with E-state index < -0.39 is 23.9 Å². The lowest BCUT2D eigenvalue weighted by atomic mass is 9.98. The van der Waals surface area contributed by atoms with Gasteiger partial charge in [-0.1, -0.05) is 11.6 Å². The van der Waals surface area contributed by atoms with E-state index >= 15 is 0 Å². The van der Waals surface area contributed by atoms with Crippen LogP contribution in [0.15, 0.2) is 36.5 Å². The molecule has 2 heterocycles. The molecule has 0 aliphatic carbocycles. The fourth-order valence-corrected chi connectivity index (χ4v) is 3.47. The lowest BCUT2D eigenvalue weighted by molar-refractivity contribution is -0.138. The van der Waals surface area contributed by atoms with Crippen LogP contribution in [0.5, 0.6) is 5.75 Å². The Kier molecular flexibility index (Phi) is 8.15. The predicted octanol–water partition coefficient (Wildman–Crippen LogP) is 3.54. The third-order valence-electron chi connectivity index (χ3n) is 5.08. The van der Waals surface area contributed by atoms with E-state index in [0.29, 0.717) is 41.4 Å². The Morgan fingerprint density at radius 2 is 1.97 bits per heavy atom. The Morgan fingerprint density at radius 1 is 1.18 bits per heavy atom. The lowest BCUT2D eigenvalue weighted by Crippen LogP contribution is -2.41. The largest absolute Gasteiger partial charge is 0.480 e.